The number of piperidine rings is 1. The molecule has 1 aromatic heterocycles. The Kier molecular flexibility index (Phi) is 4.64. The van der Waals surface area contributed by atoms with E-state index in [1.54, 1.807) is 18.2 Å². The lowest BCUT2D eigenvalue weighted by Gasteiger charge is -2.39. The van der Waals surface area contributed by atoms with E-state index >= 15 is 0 Å². The second-order valence-corrected chi connectivity index (χ2v) is 7.17. The van der Waals surface area contributed by atoms with Gasteiger partial charge in [-0.3, -0.25) is 4.79 Å². The van der Waals surface area contributed by atoms with E-state index in [4.69, 9.17) is 16.0 Å². The minimum Gasteiger partial charge on any atom is -0.431 e. The summed E-state index contributed by atoms with van der Waals surface area (Å²) in [6, 6.07) is 5.97. The Morgan fingerprint density at radius 3 is 2.86 bits per heavy atom. The maximum atomic E-state index is 12.5. The van der Waals surface area contributed by atoms with E-state index in [9.17, 15) is 4.79 Å². The second kappa shape index (κ2) is 6.50. The first-order valence-corrected chi connectivity index (χ1v) is 8.91. The van der Waals surface area contributed by atoms with Gasteiger partial charge in [-0.2, -0.15) is 0 Å². The van der Waals surface area contributed by atoms with E-state index in [1.165, 1.54) is 18.2 Å². The fourth-order valence-electron chi connectivity index (χ4n) is 3.05. The lowest BCUT2D eigenvalue weighted by molar-refractivity contribution is -0.134. The highest BCUT2D eigenvalue weighted by atomic mass is 35.5. The van der Waals surface area contributed by atoms with Crippen molar-refractivity contribution in [2.75, 3.05) is 5.75 Å². The Balaban J connectivity index is 1.66. The fourth-order valence-corrected chi connectivity index (χ4v) is 3.93. The number of oxazole rings is 1. The maximum Gasteiger partial charge on any atom is 0.257 e. The minimum absolute atomic E-state index is 0.157. The molecule has 1 aliphatic rings. The number of nitrogens with zero attached hydrogens (tertiary/aromatic N) is 2. The molecule has 2 atom stereocenters. The number of likely N-dealkylation sites (tertiary alicyclic amines) is 1. The number of thioether (sulfide) groups is 1. The molecule has 0 spiro atoms. The first-order chi connectivity index (χ1) is 10.5. The Morgan fingerprint density at radius 2 is 2.14 bits per heavy atom. The molecule has 0 N–H and O–H groups in total. The summed E-state index contributed by atoms with van der Waals surface area (Å²) in [6.45, 7) is 4.25. The predicted molar refractivity (Wildman–Crippen MR) is 89.4 cm³/mol. The molecule has 0 radical (unpaired) electrons. The highest BCUT2D eigenvalue weighted by Gasteiger charge is 2.28. The molecule has 0 aliphatic carbocycles. The van der Waals surface area contributed by atoms with Crippen LogP contribution < -0.4 is 0 Å². The minimum atomic E-state index is 0.157. The molecule has 0 unspecified atom stereocenters. The Hall–Kier alpha value is -1.20. The number of carbonyl (C=O) groups excluding carboxylic acids is 1. The van der Waals surface area contributed by atoms with Gasteiger partial charge < -0.3 is 9.32 Å². The molecular formula is C16H19ClN2O2S. The molecule has 6 heteroatoms. The number of rotatable bonds is 3. The normalized spacial score (nSPS) is 22.2. The Morgan fingerprint density at radius 1 is 1.41 bits per heavy atom. The standard InChI is InChI=1S/C16H19ClN2O2S/c1-10-4-3-5-11(2)19(10)15(20)9-22-16-18-13-8-12(17)6-7-14(13)21-16/h6-8,10-11H,3-5,9H2,1-2H3/t10-,11+. The van der Waals surface area contributed by atoms with Gasteiger partial charge in [0, 0.05) is 17.1 Å². The molecule has 1 amide bonds. The molecule has 1 aliphatic heterocycles. The first-order valence-electron chi connectivity index (χ1n) is 7.54. The van der Waals surface area contributed by atoms with Gasteiger partial charge >= 0.3 is 0 Å². The quantitative estimate of drug-likeness (QED) is 0.780. The van der Waals surface area contributed by atoms with Crippen LogP contribution in [0.3, 0.4) is 0 Å². The van der Waals surface area contributed by atoms with Gasteiger partial charge in [-0.1, -0.05) is 23.4 Å². The third kappa shape index (κ3) is 3.25. The third-order valence-electron chi connectivity index (χ3n) is 4.13. The summed E-state index contributed by atoms with van der Waals surface area (Å²) in [4.78, 5) is 18.9. The SMILES string of the molecule is C[C@@H]1CCC[C@H](C)N1C(=O)CSc1nc2cc(Cl)ccc2o1. The highest BCUT2D eigenvalue weighted by molar-refractivity contribution is 7.99. The molecule has 1 fully saturated rings. The Bertz CT molecular complexity index is 678. The molecule has 0 saturated carbocycles. The van der Waals surface area contributed by atoms with Crippen LogP contribution in [0.5, 0.6) is 0 Å². The Labute approximate surface area is 139 Å². The van der Waals surface area contributed by atoms with Gasteiger partial charge in [0.15, 0.2) is 5.58 Å². The summed E-state index contributed by atoms with van der Waals surface area (Å²) in [6.07, 6.45) is 3.37. The summed E-state index contributed by atoms with van der Waals surface area (Å²) in [7, 11) is 0. The van der Waals surface area contributed by atoms with Crippen molar-refractivity contribution in [1.29, 1.82) is 0 Å². The zero-order valence-electron chi connectivity index (χ0n) is 12.7. The zero-order chi connectivity index (χ0) is 15.7. The average Bonchev–Trinajstić information content (AvgIpc) is 2.87. The van der Waals surface area contributed by atoms with Gasteiger partial charge in [-0.25, -0.2) is 4.98 Å². The van der Waals surface area contributed by atoms with Crippen molar-refractivity contribution in [3.05, 3.63) is 23.2 Å². The highest BCUT2D eigenvalue weighted by Crippen LogP contribution is 2.28. The van der Waals surface area contributed by atoms with Crippen molar-refractivity contribution in [3.63, 3.8) is 0 Å². The van der Waals surface area contributed by atoms with E-state index in [-0.39, 0.29) is 5.91 Å². The summed E-state index contributed by atoms with van der Waals surface area (Å²) >= 11 is 7.29. The largest absolute Gasteiger partial charge is 0.431 e. The lowest BCUT2D eigenvalue weighted by Crippen LogP contribution is -2.48. The van der Waals surface area contributed by atoms with Crippen LogP contribution in [-0.2, 0) is 4.79 Å². The van der Waals surface area contributed by atoms with Gasteiger partial charge in [0.25, 0.3) is 5.22 Å². The number of benzene rings is 1. The summed E-state index contributed by atoms with van der Waals surface area (Å²) < 4.78 is 5.64. The molecule has 0 bridgehead atoms. The monoisotopic (exact) mass is 338 g/mol. The van der Waals surface area contributed by atoms with E-state index in [0.29, 0.717) is 33.7 Å². The molecule has 22 heavy (non-hydrogen) atoms. The van der Waals surface area contributed by atoms with Gasteiger partial charge in [-0.05, 0) is 51.3 Å². The van der Waals surface area contributed by atoms with E-state index in [1.807, 2.05) is 4.90 Å². The van der Waals surface area contributed by atoms with Gasteiger partial charge in [-0.15, -0.1) is 0 Å². The topological polar surface area (TPSA) is 46.3 Å². The molecule has 118 valence electrons. The van der Waals surface area contributed by atoms with Gasteiger partial charge in [0.2, 0.25) is 5.91 Å². The molecule has 3 rings (SSSR count). The van der Waals surface area contributed by atoms with E-state index in [2.05, 4.69) is 18.8 Å². The van der Waals surface area contributed by atoms with Crippen LogP contribution in [-0.4, -0.2) is 33.6 Å². The first kappa shape index (κ1) is 15.7. The van der Waals surface area contributed by atoms with Crippen LogP contribution in [0.25, 0.3) is 11.1 Å². The van der Waals surface area contributed by atoms with Crippen LogP contribution in [0.4, 0.5) is 0 Å². The smallest absolute Gasteiger partial charge is 0.257 e. The van der Waals surface area contributed by atoms with Crippen molar-refractivity contribution in [1.82, 2.24) is 9.88 Å². The summed E-state index contributed by atoms with van der Waals surface area (Å²) in [5.41, 5.74) is 1.42. The van der Waals surface area contributed by atoms with Crippen LogP contribution >= 0.6 is 23.4 Å². The van der Waals surface area contributed by atoms with Crippen LogP contribution in [0.15, 0.2) is 27.8 Å². The van der Waals surface area contributed by atoms with E-state index < -0.39 is 0 Å². The number of carbonyl (C=O) groups is 1. The van der Waals surface area contributed by atoms with Crippen molar-refractivity contribution in [2.24, 2.45) is 0 Å². The average molecular weight is 339 g/mol. The van der Waals surface area contributed by atoms with Crippen molar-refractivity contribution >= 4 is 40.4 Å². The third-order valence-corrected chi connectivity index (χ3v) is 5.18. The fraction of sp³-hybridized carbons (Fsp3) is 0.500. The van der Waals surface area contributed by atoms with Gasteiger partial charge in [0.05, 0.1) is 5.75 Å². The molecule has 4 nitrogen and oxygen atoms in total. The van der Waals surface area contributed by atoms with Crippen molar-refractivity contribution in [2.45, 2.75) is 50.4 Å². The summed E-state index contributed by atoms with van der Waals surface area (Å²) in [5.74, 6) is 0.514. The molecular weight excluding hydrogens is 320 g/mol. The molecule has 1 saturated heterocycles. The number of halogens is 1. The number of amides is 1. The maximum absolute atomic E-state index is 12.5. The number of hydrogen-bond acceptors (Lipinski definition) is 4. The van der Waals surface area contributed by atoms with Gasteiger partial charge in [0.1, 0.15) is 5.52 Å². The molecule has 2 heterocycles. The number of aromatic nitrogens is 1. The lowest BCUT2D eigenvalue weighted by atomic mass is 9.98. The molecule has 1 aromatic carbocycles. The van der Waals surface area contributed by atoms with E-state index in [0.717, 1.165) is 18.4 Å². The predicted octanol–water partition coefficient (Wildman–Crippen LogP) is 4.36. The van der Waals surface area contributed by atoms with Crippen LogP contribution in [0, 0.1) is 0 Å². The van der Waals surface area contributed by atoms with Crippen LogP contribution in [0.1, 0.15) is 33.1 Å². The zero-order valence-corrected chi connectivity index (χ0v) is 14.3. The second-order valence-electron chi connectivity index (χ2n) is 5.81. The summed E-state index contributed by atoms with van der Waals surface area (Å²) in [5, 5.41) is 1.15. The number of fused-ring (bicyclic) bond motifs is 1. The van der Waals surface area contributed by atoms with Crippen LogP contribution in [0.2, 0.25) is 5.02 Å². The van der Waals surface area contributed by atoms with Crippen molar-refractivity contribution in [3.8, 4) is 0 Å². The number of hydrogen-bond donors (Lipinski definition) is 0. The van der Waals surface area contributed by atoms with Crippen molar-refractivity contribution < 1.29 is 9.21 Å². The molecule has 2 aromatic rings.